The van der Waals surface area contributed by atoms with Gasteiger partial charge in [-0.25, -0.2) is 4.79 Å². The van der Waals surface area contributed by atoms with Crippen molar-refractivity contribution in [3.05, 3.63) is 12.4 Å². The molecule has 0 spiro atoms. The zero-order valence-corrected chi connectivity index (χ0v) is 13.0. The molecule has 0 aromatic carbocycles. The Kier molecular flexibility index (Phi) is 8.06. The van der Waals surface area contributed by atoms with Crippen molar-refractivity contribution in [2.75, 3.05) is 12.4 Å². The molecule has 7 heteroatoms. The number of ether oxygens (including phenoxy) is 1. The number of amides is 1. The smallest absolute Gasteiger partial charge is 0.408 e. The number of nitrogens with one attached hydrogen (secondary N) is 2. The number of halogens is 1. The number of Topliss-reactive ketones (excluding diaryl/α,β-unsaturated/α-hetero) is 1. The van der Waals surface area contributed by atoms with E-state index in [2.05, 4.69) is 17.2 Å². The van der Waals surface area contributed by atoms with Crippen LogP contribution in [-0.4, -0.2) is 35.9 Å². The second-order valence-electron chi connectivity index (χ2n) is 5.39. The number of alkyl halides is 1. The molecule has 4 N–H and O–H groups in total. The molecule has 1 amide bonds. The minimum absolute atomic E-state index is 0.155. The topological polar surface area (TPSA) is 93.5 Å². The van der Waals surface area contributed by atoms with Crippen LogP contribution >= 0.6 is 11.6 Å². The Labute approximate surface area is 125 Å². The Balaban J connectivity index is 4.32. The van der Waals surface area contributed by atoms with Gasteiger partial charge in [-0.2, -0.15) is 0 Å². The van der Waals surface area contributed by atoms with Crippen LogP contribution in [0.3, 0.4) is 0 Å². The average Bonchev–Trinajstić information content (AvgIpc) is 2.29. The van der Waals surface area contributed by atoms with E-state index in [0.717, 1.165) is 0 Å². The van der Waals surface area contributed by atoms with Gasteiger partial charge in [-0.1, -0.05) is 6.58 Å². The van der Waals surface area contributed by atoms with Gasteiger partial charge in [0.25, 0.3) is 0 Å². The van der Waals surface area contributed by atoms with Crippen LogP contribution in [0.25, 0.3) is 0 Å². The summed E-state index contributed by atoms with van der Waals surface area (Å²) in [6.45, 7) is 9.32. The molecule has 1 atom stereocenters. The summed E-state index contributed by atoms with van der Waals surface area (Å²) >= 11 is 5.54. The van der Waals surface area contributed by atoms with Crippen LogP contribution in [-0.2, 0) is 9.53 Å². The van der Waals surface area contributed by atoms with Crippen molar-refractivity contribution < 1.29 is 14.3 Å². The van der Waals surface area contributed by atoms with Gasteiger partial charge in [0.05, 0.1) is 17.7 Å². The van der Waals surface area contributed by atoms with Crippen LogP contribution in [0.2, 0.25) is 0 Å². The molecule has 0 unspecified atom stereocenters. The monoisotopic (exact) mass is 305 g/mol. The quantitative estimate of drug-likeness (QED) is 0.466. The molecule has 0 radical (unpaired) electrons. The van der Waals surface area contributed by atoms with Crippen molar-refractivity contribution in [3.63, 3.8) is 0 Å². The predicted octanol–water partition coefficient (Wildman–Crippen LogP) is 1.49. The van der Waals surface area contributed by atoms with E-state index in [1.165, 1.54) is 0 Å². The van der Waals surface area contributed by atoms with Gasteiger partial charge in [0.2, 0.25) is 0 Å². The van der Waals surface area contributed by atoms with Gasteiger partial charge >= 0.3 is 6.09 Å². The van der Waals surface area contributed by atoms with Crippen LogP contribution in [0.5, 0.6) is 0 Å². The fourth-order valence-corrected chi connectivity index (χ4v) is 1.60. The van der Waals surface area contributed by atoms with E-state index in [9.17, 15) is 9.59 Å². The van der Waals surface area contributed by atoms with Gasteiger partial charge in [0.1, 0.15) is 5.60 Å². The van der Waals surface area contributed by atoms with E-state index >= 15 is 0 Å². The first-order valence-electron chi connectivity index (χ1n) is 6.42. The normalized spacial score (nSPS) is 12.4. The maximum Gasteiger partial charge on any atom is 0.408 e. The summed E-state index contributed by atoms with van der Waals surface area (Å²) in [6.07, 6.45) is 0.460. The minimum Gasteiger partial charge on any atom is -0.444 e. The van der Waals surface area contributed by atoms with Crippen molar-refractivity contribution in [2.45, 2.75) is 45.3 Å². The van der Waals surface area contributed by atoms with E-state index in [-0.39, 0.29) is 11.7 Å². The summed E-state index contributed by atoms with van der Waals surface area (Å²) in [7, 11) is 0. The van der Waals surface area contributed by atoms with Crippen molar-refractivity contribution >= 4 is 23.5 Å². The van der Waals surface area contributed by atoms with Crippen LogP contribution < -0.4 is 16.4 Å². The molecular formula is C13H24ClN3O3. The minimum atomic E-state index is -0.657. The third kappa shape index (κ3) is 9.49. The summed E-state index contributed by atoms with van der Waals surface area (Å²) in [4.78, 5) is 23.3. The highest BCUT2D eigenvalue weighted by Crippen LogP contribution is 2.08. The Bertz CT molecular complexity index is 353. The molecule has 0 aliphatic carbocycles. The molecule has 20 heavy (non-hydrogen) atoms. The molecule has 0 heterocycles. The Morgan fingerprint density at radius 2 is 2.00 bits per heavy atom. The largest absolute Gasteiger partial charge is 0.444 e. The number of hydrogen-bond donors (Lipinski definition) is 3. The van der Waals surface area contributed by atoms with E-state index in [1.807, 2.05) is 0 Å². The highest BCUT2D eigenvalue weighted by molar-refractivity contribution is 6.28. The van der Waals surface area contributed by atoms with E-state index in [0.29, 0.717) is 25.2 Å². The van der Waals surface area contributed by atoms with Gasteiger partial charge in [0, 0.05) is 6.54 Å². The highest BCUT2D eigenvalue weighted by atomic mass is 35.5. The summed E-state index contributed by atoms with van der Waals surface area (Å²) < 4.78 is 5.11. The zero-order valence-electron chi connectivity index (χ0n) is 12.3. The first-order chi connectivity index (χ1) is 9.15. The molecule has 6 nitrogen and oxygen atoms in total. The lowest BCUT2D eigenvalue weighted by Gasteiger charge is -2.22. The molecule has 0 aromatic rings. The standard InChI is InChI=1S/C13H24ClN3O3/c1-9(15)16-7-5-6-10(11(18)8-14)17-12(19)20-13(2,3)4/h10,16H,1,5-8,15H2,2-4H3,(H,17,19)/t10-/m0/s1. The number of nitrogens with two attached hydrogens (primary N) is 1. The second-order valence-corrected chi connectivity index (χ2v) is 5.66. The third-order valence-corrected chi connectivity index (χ3v) is 2.50. The van der Waals surface area contributed by atoms with Crippen molar-refractivity contribution in [2.24, 2.45) is 5.73 Å². The molecule has 0 rings (SSSR count). The maximum absolute atomic E-state index is 11.7. The molecule has 0 aliphatic heterocycles. The predicted molar refractivity (Wildman–Crippen MR) is 79.4 cm³/mol. The number of hydrogen-bond acceptors (Lipinski definition) is 5. The number of rotatable bonds is 8. The highest BCUT2D eigenvalue weighted by Gasteiger charge is 2.23. The zero-order chi connectivity index (χ0) is 15.8. The van der Waals surface area contributed by atoms with Crippen LogP contribution in [0, 0.1) is 0 Å². The molecular weight excluding hydrogens is 282 g/mol. The van der Waals surface area contributed by atoms with Crippen molar-refractivity contribution in [3.8, 4) is 0 Å². The Morgan fingerprint density at radius 1 is 1.40 bits per heavy atom. The molecule has 0 aliphatic rings. The second kappa shape index (κ2) is 8.68. The summed E-state index contributed by atoms with van der Waals surface area (Å²) in [5.74, 6) is -0.0354. The van der Waals surface area contributed by atoms with Crippen LogP contribution in [0.4, 0.5) is 4.79 Å². The first-order valence-corrected chi connectivity index (χ1v) is 6.95. The van der Waals surface area contributed by atoms with Crippen molar-refractivity contribution in [1.82, 2.24) is 10.6 Å². The first kappa shape index (κ1) is 18.6. The molecule has 0 saturated heterocycles. The summed E-state index contributed by atoms with van der Waals surface area (Å²) in [6, 6.07) is -0.657. The van der Waals surface area contributed by atoms with E-state index in [4.69, 9.17) is 22.1 Å². The van der Waals surface area contributed by atoms with Gasteiger partial charge < -0.3 is 21.1 Å². The molecule has 0 saturated carbocycles. The SMILES string of the molecule is C=C(N)NCCC[C@H](NC(=O)OC(C)(C)C)C(=O)CCl. The Morgan fingerprint density at radius 3 is 2.45 bits per heavy atom. The number of ketones is 1. The molecule has 0 bridgehead atoms. The van der Waals surface area contributed by atoms with Gasteiger partial charge in [-0.15, -0.1) is 11.6 Å². The Hall–Kier alpha value is -1.43. The summed E-state index contributed by atoms with van der Waals surface area (Å²) in [5.41, 5.74) is 4.75. The lowest BCUT2D eigenvalue weighted by molar-refractivity contribution is -0.118. The van der Waals surface area contributed by atoms with Gasteiger partial charge in [-0.3, -0.25) is 4.79 Å². The van der Waals surface area contributed by atoms with Gasteiger partial charge in [-0.05, 0) is 33.6 Å². The molecule has 0 fully saturated rings. The van der Waals surface area contributed by atoms with Crippen LogP contribution in [0.1, 0.15) is 33.6 Å². The molecule has 0 aromatic heterocycles. The van der Waals surface area contributed by atoms with Crippen molar-refractivity contribution in [1.29, 1.82) is 0 Å². The fourth-order valence-electron chi connectivity index (χ4n) is 1.41. The van der Waals surface area contributed by atoms with E-state index < -0.39 is 17.7 Å². The number of carbonyl (C=O) groups excluding carboxylic acids is 2. The summed E-state index contributed by atoms with van der Waals surface area (Å²) in [5, 5.41) is 5.38. The maximum atomic E-state index is 11.7. The van der Waals surface area contributed by atoms with Gasteiger partial charge in [0.15, 0.2) is 5.78 Å². The van der Waals surface area contributed by atoms with E-state index in [1.54, 1.807) is 20.8 Å². The third-order valence-electron chi connectivity index (χ3n) is 2.23. The number of carbonyl (C=O) groups is 2. The lowest BCUT2D eigenvalue weighted by atomic mass is 10.1. The average molecular weight is 306 g/mol. The van der Waals surface area contributed by atoms with Crippen LogP contribution in [0.15, 0.2) is 12.4 Å². The number of alkyl carbamates (subject to hydrolysis) is 1. The molecule has 116 valence electrons. The lowest BCUT2D eigenvalue weighted by Crippen LogP contribution is -2.44. The fraction of sp³-hybridized carbons (Fsp3) is 0.692.